The SMILES string of the molecule is COCCCN1C(=O)C(C)(C)Oc2ccc(N(C(=O)[C@@H]3C[C@H](C(=O)NCCCN4CCCC4=O)CN(C(=O)OC(C)(C)C)C3)C3CC3)cc21. The van der Waals surface area contributed by atoms with E-state index in [1.165, 1.54) is 4.90 Å². The van der Waals surface area contributed by atoms with Gasteiger partial charge in [-0.25, -0.2) is 4.79 Å². The van der Waals surface area contributed by atoms with Crippen molar-refractivity contribution in [2.45, 2.75) is 96.8 Å². The molecule has 1 aromatic rings. The standard InChI is InChI=1S/C36H53N5O8/c1-35(2,3)49-34(46)39-22-24(31(43)37-15-8-17-38-16-7-10-30(38)42)20-25(23-39)32(44)41(26-11-12-26)27-13-14-29-28(21-27)40(18-9-19-47-6)33(45)36(4,5)48-29/h13-14,21,24-26H,7-12,15-20,22-23H2,1-6H3,(H,37,43)/t24-,25+/m0/s1. The number of amides is 5. The van der Waals surface area contributed by atoms with Crippen LogP contribution in [0.4, 0.5) is 16.2 Å². The maximum atomic E-state index is 14.5. The van der Waals surface area contributed by atoms with Gasteiger partial charge in [0, 0.05) is 71.1 Å². The number of methoxy groups -OCH3 is 1. The zero-order chi connectivity index (χ0) is 35.5. The molecule has 270 valence electrons. The minimum Gasteiger partial charge on any atom is -0.476 e. The van der Waals surface area contributed by atoms with Gasteiger partial charge in [0.1, 0.15) is 11.4 Å². The molecular formula is C36H53N5O8. The number of benzene rings is 1. The molecule has 13 heteroatoms. The Bertz CT molecular complexity index is 1420. The highest BCUT2D eigenvalue weighted by Crippen LogP contribution is 2.43. The van der Waals surface area contributed by atoms with Gasteiger partial charge < -0.3 is 39.1 Å². The minimum atomic E-state index is -1.04. The highest BCUT2D eigenvalue weighted by molar-refractivity contribution is 6.04. The number of fused-ring (bicyclic) bond motifs is 1. The van der Waals surface area contributed by atoms with E-state index >= 15 is 0 Å². The van der Waals surface area contributed by atoms with Crippen molar-refractivity contribution in [1.82, 2.24) is 15.1 Å². The monoisotopic (exact) mass is 683 g/mol. The van der Waals surface area contributed by atoms with Gasteiger partial charge in [-0.15, -0.1) is 0 Å². The second kappa shape index (κ2) is 14.9. The molecule has 3 fully saturated rings. The number of piperidine rings is 1. The van der Waals surface area contributed by atoms with Crippen molar-refractivity contribution in [3.63, 3.8) is 0 Å². The van der Waals surface area contributed by atoms with E-state index in [2.05, 4.69) is 5.32 Å². The average Bonchev–Trinajstić information content (AvgIpc) is 3.79. The summed E-state index contributed by atoms with van der Waals surface area (Å²) in [4.78, 5) is 73.5. The van der Waals surface area contributed by atoms with E-state index in [9.17, 15) is 24.0 Å². The van der Waals surface area contributed by atoms with Crippen LogP contribution in [0.25, 0.3) is 0 Å². The molecule has 5 amide bonds. The van der Waals surface area contributed by atoms with Gasteiger partial charge in [-0.05, 0) is 91.3 Å². The first kappa shape index (κ1) is 36.4. The van der Waals surface area contributed by atoms with Crippen LogP contribution in [0.1, 0.15) is 79.6 Å². The van der Waals surface area contributed by atoms with Gasteiger partial charge in [0.2, 0.25) is 17.7 Å². The van der Waals surface area contributed by atoms with Gasteiger partial charge in [-0.2, -0.15) is 0 Å². The summed E-state index contributed by atoms with van der Waals surface area (Å²) in [7, 11) is 1.62. The number of likely N-dealkylation sites (tertiary alicyclic amines) is 2. The summed E-state index contributed by atoms with van der Waals surface area (Å²) < 4.78 is 17.0. The van der Waals surface area contributed by atoms with Crippen molar-refractivity contribution in [2.75, 3.05) is 62.8 Å². The van der Waals surface area contributed by atoms with Gasteiger partial charge in [0.05, 0.1) is 17.5 Å². The lowest BCUT2D eigenvalue weighted by molar-refractivity contribution is -0.133. The van der Waals surface area contributed by atoms with Gasteiger partial charge in [0.15, 0.2) is 5.60 Å². The van der Waals surface area contributed by atoms with E-state index in [1.807, 2.05) is 23.1 Å². The normalized spacial score (nSPS) is 22.0. The summed E-state index contributed by atoms with van der Waals surface area (Å²) in [5.74, 6) is -1.12. The first-order valence-corrected chi connectivity index (χ1v) is 17.7. The minimum absolute atomic E-state index is 0.0263. The third kappa shape index (κ3) is 8.84. The number of carbonyl (C=O) groups is 5. The van der Waals surface area contributed by atoms with Gasteiger partial charge in [-0.1, -0.05) is 0 Å². The van der Waals surface area contributed by atoms with Crippen molar-refractivity contribution in [3.8, 4) is 5.75 Å². The molecule has 1 aliphatic carbocycles. The number of anilines is 2. The molecule has 0 unspecified atom stereocenters. The van der Waals surface area contributed by atoms with Crippen LogP contribution in [0.5, 0.6) is 5.75 Å². The largest absolute Gasteiger partial charge is 0.476 e. The zero-order valence-corrected chi connectivity index (χ0v) is 29.9. The molecule has 3 aliphatic heterocycles. The van der Waals surface area contributed by atoms with Crippen LogP contribution >= 0.6 is 0 Å². The van der Waals surface area contributed by atoms with Gasteiger partial charge >= 0.3 is 6.09 Å². The molecule has 2 saturated heterocycles. The summed E-state index contributed by atoms with van der Waals surface area (Å²) in [5, 5.41) is 2.98. The van der Waals surface area contributed by atoms with Crippen molar-refractivity contribution >= 4 is 41.1 Å². The topological polar surface area (TPSA) is 138 Å². The summed E-state index contributed by atoms with van der Waals surface area (Å²) in [6.07, 6.45) is 4.07. The van der Waals surface area contributed by atoms with Crippen LogP contribution in [0.2, 0.25) is 0 Å². The molecule has 0 bridgehead atoms. The predicted molar refractivity (Wildman–Crippen MR) is 183 cm³/mol. The van der Waals surface area contributed by atoms with Crippen molar-refractivity contribution in [1.29, 1.82) is 0 Å². The van der Waals surface area contributed by atoms with E-state index < -0.39 is 29.1 Å². The molecule has 1 saturated carbocycles. The predicted octanol–water partition coefficient (Wildman–Crippen LogP) is 3.72. The maximum Gasteiger partial charge on any atom is 0.410 e. The molecule has 0 aromatic heterocycles. The first-order chi connectivity index (χ1) is 23.2. The van der Waals surface area contributed by atoms with Crippen molar-refractivity contribution in [2.24, 2.45) is 11.8 Å². The molecule has 3 heterocycles. The summed E-state index contributed by atoms with van der Waals surface area (Å²) in [6.45, 7) is 11.8. The molecule has 49 heavy (non-hydrogen) atoms. The van der Waals surface area contributed by atoms with Crippen LogP contribution in [-0.2, 0) is 28.7 Å². The lowest BCUT2D eigenvalue weighted by Gasteiger charge is -2.40. The molecule has 1 N–H and O–H groups in total. The number of rotatable bonds is 12. The van der Waals surface area contributed by atoms with Crippen LogP contribution in [0, 0.1) is 11.8 Å². The third-order valence-corrected chi connectivity index (χ3v) is 9.41. The van der Waals surface area contributed by atoms with Crippen LogP contribution in [0.3, 0.4) is 0 Å². The molecule has 5 rings (SSSR count). The fourth-order valence-electron chi connectivity index (χ4n) is 6.85. The average molecular weight is 684 g/mol. The first-order valence-electron chi connectivity index (χ1n) is 17.7. The molecule has 0 radical (unpaired) electrons. The molecule has 0 spiro atoms. The Labute approximate surface area is 289 Å². The molecule has 2 atom stereocenters. The fraction of sp³-hybridized carbons (Fsp3) is 0.694. The number of ether oxygens (including phenoxy) is 3. The Morgan fingerprint density at radius 2 is 1.80 bits per heavy atom. The number of hydrogen-bond donors (Lipinski definition) is 1. The lowest BCUT2D eigenvalue weighted by atomic mass is 9.87. The Kier molecular flexibility index (Phi) is 11.1. The number of nitrogens with zero attached hydrogens (tertiary/aromatic N) is 4. The van der Waals surface area contributed by atoms with Gasteiger partial charge in [-0.3, -0.25) is 19.2 Å². The highest BCUT2D eigenvalue weighted by atomic mass is 16.6. The third-order valence-electron chi connectivity index (χ3n) is 9.41. The van der Waals surface area contributed by atoms with Crippen LogP contribution < -0.4 is 19.9 Å². The Balaban J connectivity index is 1.35. The molecule has 13 nitrogen and oxygen atoms in total. The summed E-state index contributed by atoms with van der Waals surface area (Å²) >= 11 is 0. The van der Waals surface area contributed by atoms with Crippen LogP contribution in [0.15, 0.2) is 18.2 Å². The molecular weight excluding hydrogens is 630 g/mol. The maximum absolute atomic E-state index is 14.5. The van der Waals surface area contributed by atoms with E-state index in [4.69, 9.17) is 14.2 Å². The Morgan fingerprint density at radius 1 is 1.06 bits per heavy atom. The smallest absolute Gasteiger partial charge is 0.410 e. The lowest BCUT2D eigenvalue weighted by Crippen LogP contribution is -2.54. The quantitative estimate of drug-likeness (QED) is 0.329. The summed E-state index contributed by atoms with van der Waals surface area (Å²) in [6, 6.07) is 5.47. The van der Waals surface area contributed by atoms with E-state index in [-0.39, 0.29) is 49.2 Å². The number of carbonyl (C=O) groups excluding carboxylic acids is 5. The van der Waals surface area contributed by atoms with Crippen molar-refractivity contribution in [3.05, 3.63) is 18.2 Å². The van der Waals surface area contributed by atoms with E-state index in [1.54, 1.807) is 51.5 Å². The Morgan fingerprint density at radius 3 is 2.45 bits per heavy atom. The van der Waals surface area contributed by atoms with Gasteiger partial charge in [0.25, 0.3) is 5.91 Å². The molecule has 4 aliphatic rings. The fourth-order valence-corrected chi connectivity index (χ4v) is 6.85. The second-order valence-electron chi connectivity index (χ2n) is 15.2. The van der Waals surface area contributed by atoms with Crippen LogP contribution in [-0.4, -0.2) is 110 Å². The summed E-state index contributed by atoms with van der Waals surface area (Å²) in [5.41, 5.74) is -0.540. The zero-order valence-electron chi connectivity index (χ0n) is 29.9. The number of nitrogens with one attached hydrogen (secondary N) is 1. The highest BCUT2D eigenvalue weighted by Gasteiger charge is 2.45. The number of hydrogen-bond acceptors (Lipinski definition) is 8. The molecule has 1 aromatic carbocycles. The van der Waals surface area contributed by atoms with E-state index in [0.717, 1.165) is 25.8 Å². The Hall–Kier alpha value is -3.87. The van der Waals surface area contributed by atoms with E-state index in [0.29, 0.717) is 62.6 Å². The van der Waals surface area contributed by atoms with Crippen molar-refractivity contribution < 1.29 is 38.2 Å². The second-order valence-corrected chi connectivity index (χ2v) is 15.2.